The smallest absolute Gasteiger partial charge is 0.407 e. The fourth-order valence-corrected chi connectivity index (χ4v) is 6.60. The van der Waals surface area contributed by atoms with Crippen LogP contribution >= 0.6 is 0 Å². The Balaban J connectivity index is 1.34. The van der Waals surface area contributed by atoms with Crippen LogP contribution in [-0.2, 0) is 30.5 Å². The maximum absolute atomic E-state index is 11.6. The maximum Gasteiger partial charge on any atom is 0.407 e. The average molecular weight is 534 g/mol. The first-order valence-corrected chi connectivity index (χ1v) is 17.0. The van der Waals surface area contributed by atoms with Gasteiger partial charge >= 0.3 is 6.09 Å². The summed E-state index contributed by atoms with van der Waals surface area (Å²) in [6.07, 6.45) is 6.73. The van der Waals surface area contributed by atoms with Crippen LogP contribution in [0.15, 0.2) is 36.8 Å². The lowest BCUT2D eigenvalue weighted by Crippen LogP contribution is -2.32. The molecule has 1 N–H and O–H groups in total. The normalized spacial score (nSPS) is 19.2. The molecule has 4 aromatic heterocycles. The van der Waals surface area contributed by atoms with Gasteiger partial charge in [0.2, 0.25) is 0 Å². The van der Waals surface area contributed by atoms with E-state index in [0.717, 1.165) is 71.3 Å². The third kappa shape index (κ3) is 4.33. The number of likely N-dealkylation sites (tertiary alicyclic amines) is 1. The van der Waals surface area contributed by atoms with Crippen LogP contribution in [0.3, 0.4) is 0 Å². The fourth-order valence-electron chi connectivity index (χ4n) is 5.85. The minimum atomic E-state index is -1.16. The predicted molar refractivity (Wildman–Crippen MR) is 148 cm³/mol. The molecule has 38 heavy (non-hydrogen) atoms. The minimum absolute atomic E-state index is 0.141. The van der Waals surface area contributed by atoms with Gasteiger partial charge in [-0.1, -0.05) is 19.6 Å². The fraction of sp³-hybridized carbons (Fsp3) is 0.481. The van der Waals surface area contributed by atoms with Crippen LogP contribution in [0.4, 0.5) is 4.79 Å². The van der Waals surface area contributed by atoms with Crippen molar-refractivity contribution in [1.82, 2.24) is 34.0 Å². The van der Waals surface area contributed by atoms with Crippen molar-refractivity contribution in [1.29, 1.82) is 0 Å². The van der Waals surface area contributed by atoms with Crippen molar-refractivity contribution >= 4 is 25.2 Å². The van der Waals surface area contributed by atoms with E-state index in [9.17, 15) is 9.90 Å². The number of carbonyl (C=O) groups is 1. The van der Waals surface area contributed by atoms with Gasteiger partial charge in [-0.25, -0.2) is 9.78 Å². The third-order valence-corrected chi connectivity index (χ3v) is 9.79. The molecule has 1 spiro atoms. The van der Waals surface area contributed by atoms with Crippen molar-refractivity contribution < 1.29 is 14.6 Å². The number of pyridine rings is 1. The van der Waals surface area contributed by atoms with Crippen molar-refractivity contribution in [3.63, 3.8) is 0 Å². The van der Waals surface area contributed by atoms with E-state index in [1.54, 1.807) is 0 Å². The largest absolute Gasteiger partial charge is 0.465 e. The molecule has 1 fully saturated rings. The van der Waals surface area contributed by atoms with Crippen molar-refractivity contribution in [3.05, 3.63) is 42.5 Å². The van der Waals surface area contributed by atoms with Crippen molar-refractivity contribution in [2.24, 2.45) is 7.05 Å². The summed E-state index contributed by atoms with van der Waals surface area (Å²) in [5.41, 5.74) is 5.75. The molecule has 0 aliphatic carbocycles. The number of fused-ring (bicyclic) bond motifs is 3. The number of ether oxygens (including phenoxy) is 1. The summed E-state index contributed by atoms with van der Waals surface area (Å²) < 4.78 is 12.1. The molecule has 0 radical (unpaired) electrons. The van der Waals surface area contributed by atoms with Crippen LogP contribution in [0.25, 0.3) is 33.5 Å². The first-order chi connectivity index (χ1) is 18.1. The summed E-state index contributed by atoms with van der Waals surface area (Å²) >= 11 is 0. The zero-order valence-electron chi connectivity index (χ0n) is 22.5. The van der Waals surface area contributed by atoms with E-state index in [4.69, 9.17) is 14.8 Å². The molecule has 0 bridgehead atoms. The molecule has 200 valence electrons. The van der Waals surface area contributed by atoms with Gasteiger partial charge < -0.3 is 19.3 Å². The number of amides is 1. The van der Waals surface area contributed by atoms with Crippen LogP contribution in [-0.4, -0.2) is 73.0 Å². The summed E-state index contributed by atoms with van der Waals surface area (Å²) in [7, 11) is 0.781. The monoisotopic (exact) mass is 533 g/mol. The summed E-state index contributed by atoms with van der Waals surface area (Å²) in [5, 5.41) is 19.8. The molecule has 1 amide bonds. The Labute approximate surface area is 222 Å². The van der Waals surface area contributed by atoms with Gasteiger partial charge in [-0.3, -0.25) is 9.36 Å². The topological polar surface area (TPSA) is 103 Å². The van der Waals surface area contributed by atoms with Crippen LogP contribution in [0.2, 0.25) is 25.7 Å². The predicted octanol–water partition coefficient (Wildman–Crippen LogP) is 4.64. The summed E-state index contributed by atoms with van der Waals surface area (Å²) in [4.78, 5) is 18.0. The lowest BCUT2D eigenvalue weighted by molar-refractivity contribution is 0.0899. The standard InChI is InChI=1S/C27H35N7O3Si/c1-31-23(5-8-29-31)21-16-33(18-37-11-12-38(2,3)4)25-20(21)13-19(15-28-25)22-14-24-27(7-10-34(24)30-22)6-9-32(17-27)26(35)36/h5,8,13-16H,6-7,9-12,17-18H2,1-4H3,(H,35,36). The molecular weight excluding hydrogens is 498 g/mol. The van der Waals surface area contributed by atoms with Gasteiger partial charge in [-0.2, -0.15) is 10.2 Å². The zero-order chi connectivity index (χ0) is 26.7. The highest BCUT2D eigenvalue weighted by atomic mass is 28.3. The van der Waals surface area contributed by atoms with E-state index in [0.29, 0.717) is 19.8 Å². The van der Waals surface area contributed by atoms with E-state index in [-0.39, 0.29) is 5.41 Å². The number of hydrogen-bond acceptors (Lipinski definition) is 5. The lowest BCUT2D eigenvalue weighted by Gasteiger charge is -2.21. The van der Waals surface area contributed by atoms with Crippen molar-refractivity contribution in [2.45, 2.75) is 57.2 Å². The SMILES string of the molecule is Cn1nccc1-c1cn(COCC[Si](C)(C)C)c2ncc(-c3cc4n(n3)CCC43CCN(C(=O)O)C3)cc12. The van der Waals surface area contributed by atoms with E-state index < -0.39 is 14.2 Å². The molecule has 1 saturated heterocycles. The highest BCUT2D eigenvalue weighted by Crippen LogP contribution is 2.44. The molecule has 0 saturated carbocycles. The first-order valence-electron chi connectivity index (χ1n) is 13.3. The molecule has 4 aromatic rings. The molecule has 6 heterocycles. The molecular formula is C27H35N7O3Si. The summed E-state index contributed by atoms with van der Waals surface area (Å²) in [6.45, 7) is 10.2. The van der Waals surface area contributed by atoms with Crippen molar-refractivity contribution in [3.8, 4) is 22.5 Å². The van der Waals surface area contributed by atoms with Crippen LogP contribution in [0.5, 0.6) is 0 Å². The molecule has 1 unspecified atom stereocenters. The van der Waals surface area contributed by atoms with E-state index in [1.807, 2.05) is 30.2 Å². The van der Waals surface area contributed by atoms with Gasteiger partial charge in [0, 0.05) is 87.6 Å². The third-order valence-electron chi connectivity index (χ3n) is 8.08. The Hall–Kier alpha value is -3.44. The molecule has 0 aromatic carbocycles. The van der Waals surface area contributed by atoms with Gasteiger partial charge in [0.25, 0.3) is 0 Å². The molecule has 2 aliphatic rings. The maximum atomic E-state index is 11.6. The number of aromatic nitrogens is 6. The lowest BCUT2D eigenvalue weighted by atomic mass is 9.82. The van der Waals surface area contributed by atoms with Gasteiger partial charge in [0.1, 0.15) is 12.4 Å². The molecule has 6 rings (SSSR count). The number of rotatable bonds is 7. The molecule has 10 nitrogen and oxygen atoms in total. The van der Waals surface area contributed by atoms with Crippen LogP contribution < -0.4 is 0 Å². The van der Waals surface area contributed by atoms with Gasteiger partial charge in [-0.15, -0.1) is 0 Å². The Kier molecular flexibility index (Phi) is 5.95. The second-order valence-corrected chi connectivity index (χ2v) is 17.5. The molecule has 1 atom stereocenters. The van der Waals surface area contributed by atoms with Gasteiger partial charge in [0.05, 0.1) is 11.4 Å². The molecule has 2 aliphatic heterocycles. The van der Waals surface area contributed by atoms with Crippen LogP contribution in [0.1, 0.15) is 18.5 Å². The van der Waals surface area contributed by atoms with Gasteiger partial charge in [-0.05, 0) is 37.1 Å². The highest BCUT2D eigenvalue weighted by Gasteiger charge is 2.47. The number of carboxylic acid groups (broad SMARTS) is 1. The Morgan fingerprint density at radius 3 is 2.74 bits per heavy atom. The Morgan fingerprint density at radius 1 is 1.21 bits per heavy atom. The first kappa shape index (κ1) is 24.9. The van der Waals surface area contributed by atoms with E-state index in [2.05, 4.69) is 52.3 Å². The minimum Gasteiger partial charge on any atom is -0.465 e. The quantitative estimate of drug-likeness (QED) is 0.274. The second kappa shape index (κ2) is 9.09. The van der Waals surface area contributed by atoms with E-state index >= 15 is 0 Å². The average Bonchev–Trinajstić information content (AvgIpc) is 3.67. The van der Waals surface area contributed by atoms with Crippen molar-refractivity contribution in [2.75, 3.05) is 19.7 Å². The van der Waals surface area contributed by atoms with Gasteiger partial charge in [0.15, 0.2) is 0 Å². The highest BCUT2D eigenvalue weighted by molar-refractivity contribution is 6.76. The number of aryl methyl sites for hydroxylation is 2. The molecule has 11 heteroatoms. The summed E-state index contributed by atoms with van der Waals surface area (Å²) in [6, 6.07) is 7.43. The Bertz CT molecular complexity index is 1510. The van der Waals surface area contributed by atoms with Crippen LogP contribution in [0, 0.1) is 0 Å². The Morgan fingerprint density at radius 2 is 2.03 bits per heavy atom. The second-order valence-electron chi connectivity index (χ2n) is 11.9. The number of nitrogens with zero attached hydrogens (tertiary/aromatic N) is 7. The summed E-state index contributed by atoms with van der Waals surface area (Å²) in [5.74, 6) is 0. The van der Waals surface area contributed by atoms with E-state index in [1.165, 1.54) is 4.90 Å². The zero-order valence-corrected chi connectivity index (χ0v) is 23.5. The number of hydrogen-bond donors (Lipinski definition) is 1.